The molecule has 0 bridgehead atoms. The number of aryl methyl sites for hydroxylation is 1. The van der Waals surface area contributed by atoms with E-state index in [1.54, 1.807) is 54.9 Å². The lowest BCUT2D eigenvalue weighted by atomic mass is 9.99. The summed E-state index contributed by atoms with van der Waals surface area (Å²) in [6.07, 6.45) is 3.28. The van der Waals surface area contributed by atoms with Crippen molar-refractivity contribution in [1.82, 2.24) is 9.97 Å². The molecule has 0 spiro atoms. The van der Waals surface area contributed by atoms with E-state index in [1.807, 2.05) is 19.1 Å². The highest BCUT2D eigenvalue weighted by Gasteiger charge is 2.44. The van der Waals surface area contributed by atoms with Gasteiger partial charge in [-0.1, -0.05) is 18.2 Å². The topological polar surface area (TPSA) is 76.3 Å². The zero-order chi connectivity index (χ0) is 19.3. The number of nitrogens with zero attached hydrogens (tertiary/aromatic N) is 3. The van der Waals surface area contributed by atoms with Crippen molar-refractivity contribution in [2.45, 2.75) is 13.0 Å². The van der Waals surface area contributed by atoms with Gasteiger partial charge in [0.25, 0.3) is 5.91 Å². The molecule has 1 aliphatic rings. The van der Waals surface area contributed by atoms with Gasteiger partial charge in [-0.15, -0.1) is 0 Å². The van der Waals surface area contributed by atoms with Crippen LogP contribution in [0.3, 0.4) is 0 Å². The lowest BCUT2D eigenvalue weighted by Crippen LogP contribution is -2.30. The van der Waals surface area contributed by atoms with Gasteiger partial charge in [0.15, 0.2) is 5.43 Å². The minimum absolute atomic E-state index is 0.0637. The minimum atomic E-state index is -0.624. The average Bonchev–Trinajstić information content (AvgIpc) is 3.02. The average molecular weight is 369 g/mol. The highest BCUT2D eigenvalue weighted by molar-refractivity contribution is 6.10. The normalized spacial score (nSPS) is 15.8. The van der Waals surface area contributed by atoms with Crippen LogP contribution in [0.1, 0.15) is 33.4 Å². The summed E-state index contributed by atoms with van der Waals surface area (Å²) in [5.41, 5.74) is 2.07. The molecule has 0 N–H and O–H groups in total. The van der Waals surface area contributed by atoms with Crippen LogP contribution in [0.25, 0.3) is 11.0 Å². The van der Waals surface area contributed by atoms with Gasteiger partial charge in [0.05, 0.1) is 17.0 Å². The Morgan fingerprint density at radius 3 is 2.54 bits per heavy atom. The highest BCUT2D eigenvalue weighted by atomic mass is 16.3. The number of pyridine rings is 2. The maximum Gasteiger partial charge on any atom is 0.296 e. The third kappa shape index (κ3) is 2.35. The number of benzene rings is 1. The second-order valence-corrected chi connectivity index (χ2v) is 6.67. The van der Waals surface area contributed by atoms with E-state index >= 15 is 0 Å². The Kier molecular flexibility index (Phi) is 3.58. The molecule has 4 aromatic rings. The van der Waals surface area contributed by atoms with Crippen molar-refractivity contribution >= 4 is 22.7 Å². The summed E-state index contributed by atoms with van der Waals surface area (Å²) in [5.74, 6) is 0.160. The number of carbonyl (C=O) groups is 1. The maximum atomic E-state index is 13.3. The molecule has 0 unspecified atom stereocenters. The molecule has 6 heteroatoms. The van der Waals surface area contributed by atoms with E-state index in [0.717, 1.165) is 11.3 Å². The van der Waals surface area contributed by atoms with Crippen molar-refractivity contribution in [1.29, 1.82) is 0 Å². The van der Waals surface area contributed by atoms with Gasteiger partial charge in [-0.25, -0.2) is 4.98 Å². The van der Waals surface area contributed by atoms with Crippen LogP contribution >= 0.6 is 0 Å². The molecule has 0 radical (unpaired) electrons. The van der Waals surface area contributed by atoms with Crippen molar-refractivity contribution in [3.63, 3.8) is 0 Å². The summed E-state index contributed by atoms with van der Waals surface area (Å²) < 4.78 is 5.90. The van der Waals surface area contributed by atoms with Gasteiger partial charge in [-0.2, -0.15) is 0 Å². The monoisotopic (exact) mass is 369 g/mol. The van der Waals surface area contributed by atoms with Crippen LogP contribution in [0.5, 0.6) is 0 Å². The van der Waals surface area contributed by atoms with Crippen LogP contribution in [0.15, 0.2) is 76.2 Å². The van der Waals surface area contributed by atoms with Gasteiger partial charge in [-0.05, 0) is 48.9 Å². The van der Waals surface area contributed by atoms with Crippen LogP contribution in [0.2, 0.25) is 0 Å². The molecule has 5 rings (SSSR count). The predicted octanol–water partition coefficient (Wildman–Crippen LogP) is 3.64. The summed E-state index contributed by atoms with van der Waals surface area (Å²) in [7, 11) is 0. The Balaban J connectivity index is 1.83. The fourth-order valence-corrected chi connectivity index (χ4v) is 3.68. The largest absolute Gasteiger partial charge is 0.450 e. The van der Waals surface area contributed by atoms with E-state index in [2.05, 4.69) is 9.97 Å². The molecule has 136 valence electrons. The van der Waals surface area contributed by atoms with Crippen LogP contribution in [0.4, 0.5) is 5.82 Å². The number of hydrogen-bond donors (Lipinski definition) is 0. The Morgan fingerprint density at radius 1 is 0.964 bits per heavy atom. The number of rotatable bonds is 2. The Labute approximate surface area is 160 Å². The Morgan fingerprint density at radius 2 is 1.75 bits per heavy atom. The van der Waals surface area contributed by atoms with E-state index in [4.69, 9.17) is 4.42 Å². The molecule has 0 saturated heterocycles. The summed E-state index contributed by atoms with van der Waals surface area (Å²) in [4.78, 5) is 36.7. The molecule has 3 aromatic heterocycles. The third-order valence-electron chi connectivity index (χ3n) is 4.92. The fraction of sp³-hybridized carbons (Fsp3) is 0.0909. The lowest BCUT2D eigenvalue weighted by Gasteiger charge is -2.24. The van der Waals surface area contributed by atoms with E-state index in [1.165, 1.54) is 4.90 Å². The number of carbonyl (C=O) groups excluding carboxylic acids is 1. The molecule has 1 aromatic carbocycles. The predicted molar refractivity (Wildman–Crippen MR) is 104 cm³/mol. The molecule has 6 nitrogen and oxygen atoms in total. The van der Waals surface area contributed by atoms with E-state index < -0.39 is 6.04 Å². The molecule has 1 amide bonds. The Bertz CT molecular complexity index is 1280. The first-order chi connectivity index (χ1) is 13.6. The molecule has 1 aliphatic heterocycles. The first-order valence-corrected chi connectivity index (χ1v) is 8.88. The van der Waals surface area contributed by atoms with Crippen molar-refractivity contribution in [3.8, 4) is 0 Å². The first kappa shape index (κ1) is 16.4. The quantitative estimate of drug-likeness (QED) is 0.539. The summed E-state index contributed by atoms with van der Waals surface area (Å²) in [6.45, 7) is 1.86. The van der Waals surface area contributed by atoms with Gasteiger partial charge in [0, 0.05) is 18.1 Å². The first-order valence-electron chi connectivity index (χ1n) is 8.88. The minimum Gasteiger partial charge on any atom is -0.450 e. The van der Waals surface area contributed by atoms with Crippen molar-refractivity contribution in [2.24, 2.45) is 0 Å². The van der Waals surface area contributed by atoms with Crippen LogP contribution in [0, 0.1) is 6.92 Å². The van der Waals surface area contributed by atoms with E-state index in [-0.39, 0.29) is 17.1 Å². The zero-order valence-corrected chi connectivity index (χ0v) is 15.0. The molecular formula is C22H15N3O3. The molecule has 0 fully saturated rings. The summed E-state index contributed by atoms with van der Waals surface area (Å²) >= 11 is 0. The van der Waals surface area contributed by atoms with Gasteiger partial charge in [-0.3, -0.25) is 19.5 Å². The van der Waals surface area contributed by atoms with Crippen molar-refractivity contribution in [2.75, 3.05) is 4.90 Å². The third-order valence-corrected chi connectivity index (χ3v) is 4.92. The number of amides is 1. The number of anilines is 1. The number of para-hydroxylation sites is 1. The lowest BCUT2D eigenvalue weighted by molar-refractivity contribution is 0.0970. The SMILES string of the molecule is Cc1cccc(N2C(=O)c3oc4ccccc4c(=O)c3[C@@H]2c2ccncc2)n1. The molecule has 0 saturated carbocycles. The van der Waals surface area contributed by atoms with Gasteiger partial charge >= 0.3 is 0 Å². The second kappa shape index (κ2) is 6.13. The fourth-order valence-electron chi connectivity index (χ4n) is 3.68. The molecule has 0 aliphatic carbocycles. The molecule has 28 heavy (non-hydrogen) atoms. The number of aromatic nitrogens is 2. The van der Waals surface area contributed by atoms with Crippen molar-refractivity contribution < 1.29 is 9.21 Å². The zero-order valence-electron chi connectivity index (χ0n) is 15.0. The highest BCUT2D eigenvalue weighted by Crippen LogP contribution is 2.40. The van der Waals surface area contributed by atoms with Crippen molar-refractivity contribution in [3.05, 3.63) is 99.8 Å². The standard InChI is InChI=1S/C22H15N3O3/c1-13-5-4-8-17(24-13)25-19(14-9-11-23-12-10-14)18-20(26)15-6-2-3-7-16(15)28-21(18)22(25)27/h2-12,19H,1H3/t19-/m0/s1. The van der Waals surface area contributed by atoms with Gasteiger partial charge in [0.1, 0.15) is 11.4 Å². The van der Waals surface area contributed by atoms with Crippen LogP contribution < -0.4 is 10.3 Å². The summed E-state index contributed by atoms with van der Waals surface area (Å²) in [5, 5.41) is 0.451. The number of fused-ring (bicyclic) bond motifs is 2. The molecular weight excluding hydrogens is 354 g/mol. The smallest absolute Gasteiger partial charge is 0.296 e. The second-order valence-electron chi connectivity index (χ2n) is 6.67. The number of hydrogen-bond acceptors (Lipinski definition) is 5. The summed E-state index contributed by atoms with van der Waals surface area (Å²) in [6, 6.07) is 15.4. The van der Waals surface area contributed by atoms with Crippen LogP contribution in [-0.2, 0) is 0 Å². The Hall–Kier alpha value is -3.80. The van der Waals surface area contributed by atoms with Gasteiger partial charge in [0.2, 0.25) is 5.76 Å². The molecule has 4 heterocycles. The molecule has 1 atom stereocenters. The van der Waals surface area contributed by atoms with E-state index in [9.17, 15) is 9.59 Å². The van der Waals surface area contributed by atoms with Gasteiger partial charge < -0.3 is 4.42 Å². The maximum absolute atomic E-state index is 13.3. The van der Waals surface area contributed by atoms with E-state index in [0.29, 0.717) is 22.4 Å². The van der Waals surface area contributed by atoms with Crippen LogP contribution in [-0.4, -0.2) is 15.9 Å².